The number of anilines is 1. The molecule has 0 aliphatic carbocycles. The number of carbonyl (C=O) groups is 2. The first-order valence-corrected chi connectivity index (χ1v) is 7.30. The van der Waals surface area contributed by atoms with Crippen LogP contribution in [0, 0.1) is 11.6 Å². The second-order valence-corrected chi connectivity index (χ2v) is 5.13. The number of fused-ring (bicyclic) bond motifs is 1. The number of halogens is 2. The lowest BCUT2D eigenvalue weighted by Crippen LogP contribution is -2.22. The molecule has 1 amide bonds. The summed E-state index contributed by atoms with van der Waals surface area (Å²) in [4.78, 5) is 27.9. The first kappa shape index (κ1) is 16.5. The highest BCUT2D eigenvalue weighted by Gasteiger charge is 2.15. The minimum Gasteiger partial charge on any atom is -0.451 e. The van der Waals surface area contributed by atoms with Crippen molar-refractivity contribution < 1.29 is 23.1 Å². The van der Waals surface area contributed by atoms with E-state index in [0.29, 0.717) is 11.5 Å². The fourth-order valence-corrected chi connectivity index (χ4v) is 2.26. The summed E-state index contributed by atoms with van der Waals surface area (Å²) < 4.78 is 31.2. The van der Waals surface area contributed by atoms with Gasteiger partial charge in [-0.05, 0) is 23.6 Å². The highest BCUT2D eigenvalue weighted by atomic mass is 19.1. The number of aromatic nitrogens is 1. The predicted octanol–water partition coefficient (Wildman–Crippen LogP) is 3.31. The highest BCUT2D eigenvalue weighted by Crippen LogP contribution is 2.17. The molecule has 25 heavy (non-hydrogen) atoms. The van der Waals surface area contributed by atoms with E-state index in [-0.39, 0.29) is 11.4 Å². The monoisotopic (exact) mass is 342 g/mol. The van der Waals surface area contributed by atoms with Crippen LogP contribution in [0.2, 0.25) is 0 Å². The second-order valence-electron chi connectivity index (χ2n) is 5.13. The van der Waals surface area contributed by atoms with Gasteiger partial charge in [-0.1, -0.05) is 24.3 Å². The molecule has 1 N–H and O–H groups in total. The minimum absolute atomic E-state index is 0.0823. The third kappa shape index (κ3) is 3.77. The Morgan fingerprint density at radius 2 is 1.88 bits per heavy atom. The molecule has 0 unspecified atom stereocenters. The average Bonchev–Trinajstić information content (AvgIpc) is 2.61. The number of esters is 1. The van der Waals surface area contributed by atoms with E-state index >= 15 is 0 Å². The van der Waals surface area contributed by atoms with Crippen LogP contribution in [0.5, 0.6) is 0 Å². The molecule has 3 aromatic rings. The summed E-state index contributed by atoms with van der Waals surface area (Å²) in [6.45, 7) is -0.624. The van der Waals surface area contributed by atoms with Crippen LogP contribution in [0.1, 0.15) is 10.5 Å². The van der Waals surface area contributed by atoms with Gasteiger partial charge >= 0.3 is 5.97 Å². The van der Waals surface area contributed by atoms with Gasteiger partial charge in [0.15, 0.2) is 12.3 Å². The third-order valence-corrected chi connectivity index (χ3v) is 3.41. The Kier molecular flexibility index (Phi) is 4.65. The fraction of sp³-hybridized carbons (Fsp3) is 0.0556. The normalized spacial score (nSPS) is 10.5. The molecule has 5 nitrogen and oxygen atoms in total. The molecule has 0 radical (unpaired) electrons. The lowest BCUT2D eigenvalue weighted by Gasteiger charge is -2.08. The second kappa shape index (κ2) is 7.04. The quantitative estimate of drug-likeness (QED) is 0.739. The topological polar surface area (TPSA) is 68.3 Å². The molecule has 0 atom stereocenters. The van der Waals surface area contributed by atoms with Crippen LogP contribution in [-0.2, 0) is 9.53 Å². The number of nitrogens with one attached hydrogen (secondary N) is 1. The molecule has 0 saturated carbocycles. The minimum atomic E-state index is -0.921. The Balaban J connectivity index is 1.66. The number of pyridine rings is 1. The van der Waals surface area contributed by atoms with Gasteiger partial charge in [-0.25, -0.2) is 18.6 Å². The van der Waals surface area contributed by atoms with Crippen LogP contribution < -0.4 is 5.32 Å². The summed E-state index contributed by atoms with van der Waals surface area (Å²) >= 11 is 0. The first-order valence-electron chi connectivity index (χ1n) is 7.30. The molecular formula is C18H12F2N2O3. The molecule has 0 fully saturated rings. The number of carbonyl (C=O) groups excluding carboxylic acids is 2. The zero-order chi connectivity index (χ0) is 17.8. The molecule has 3 rings (SSSR count). The standard InChI is InChI=1S/C18H12F2N2O3/c19-12-5-6-15(14(20)9-12)22-16(23)10-25-18(24)17-13-4-2-1-3-11(13)7-8-21-17/h1-9H,10H2,(H,22,23). The van der Waals surface area contributed by atoms with Crippen LogP contribution in [0.4, 0.5) is 14.5 Å². The fourth-order valence-electron chi connectivity index (χ4n) is 2.26. The van der Waals surface area contributed by atoms with Crippen molar-refractivity contribution in [3.8, 4) is 0 Å². The van der Waals surface area contributed by atoms with Gasteiger partial charge in [0.05, 0.1) is 5.69 Å². The van der Waals surface area contributed by atoms with Crippen molar-refractivity contribution in [3.05, 3.63) is 72.1 Å². The summed E-state index contributed by atoms with van der Waals surface area (Å²) in [5, 5.41) is 3.61. The van der Waals surface area contributed by atoms with Crippen molar-refractivity contribution >= 4 is 28.3 Å². The Morgan fingerprint density at radius 1 is 1.08 bits per heavy atom. The van der Waals surface area contributed by atoms with Crippen LogP contribution in [-0.4, -0.2) is 23.5 Å². The van der Waals surface area contributed by atoms with Gasteiger partial charge in [0.1, 0.15) is 11.6 Å². The molecule has 0 saturated heterocycles. The largest absolute Gasteiger partial charge is 0.451 e. The van der Waals surface area contributed by atoms with E-state index in [1.807, 2.05) is 12.1 Å². The van der Waals surface area contributed by atoms with E-state index in [1.54, 1.807) is 18.2 Å². The maximum Gasteiger partial charge on any atom is 0.358 e. The van der Waals surface area contributed by atoms with E-state index in [1.165, 1.54) is 6.20 Å². The van der Waals surface area contributed by atoms with Crippen LogP contribution in [0.3, 0.4) is 0 Å². The zero-order valence-electron chi connectivity index (χ0n) is 12.8. The number of hydrogen-bond donors (Lipinski definition) is 1. The summed E-state index contributed by atoms with van der Waals surface area (Å²) in [5.41, 5.74) is -0.121. The lowest BCUT2D eigenvalue weighted by molar-refractivity contribution is -0.119. The summed E-state index contributed by atoms with van der Waals surface area (Å²) in [6.07, 6.45) is 1.47. The van der Waals surface area contributed by atoms with E-state index in [0.717, 1.165) is 17.5 Å². The number of nitrogens with zero attached hydrogens (tertiary/aromatic N) is 1. The molecule has 1 heterocycles. The maximum atomic E-state index is 13.5. The molecule has 0 aliphatic heterocycles. The van der Waals surface area contributed by atoms with Crippen LogP contribution >= 0.6 is 0 Å². The Bertz CT molecular complexity index is 955. The predicted molar refractivity (Wildman–Crippen MR) is 87.0 cm³/mol. The SMILES string of the molecule is O=C(COC(=O)c1nccc2ccccc12)Nc1ccc(F)cc1F. The molecule has 0 aliphatic rings. The molecule has 1 aromatic heterocycles. The van der Waals surface area contributed by atoms with Gasteiger partial charge in [0.2, 0.25) is 0 Å². The maximum absolute atomic E-state index is 13.5. The van der Waals surface area contributed by atoms with E-state index in [4.69, 9.17) is 4.74 Å². The van der Waals surface area contributed by atoms with E-state index in [9.17, 15) is 18.4 Å². The summed E-state index contributed by atoms with van der Waals surface area (Å²) in [5.74, 6) is -3.20. The third-order valence-electron chi connectivity index (χ3n) is 3.41. The van der Waals surface area contributed by atoms with E-state index in [2.05, 4.69) is 10.3 Å². The Morgan fingerprint density at radius 3 is 2.68 bits per heavy atom. The van der Waals surface area contributed by atoms with Crippen molar-refractivity contribution in [1.29, 1.82) is 0 Å². The van der Waals surface area contributed by atoms with Crippen molar-refractivity contribution in [2.24, 2.45) is 0 Å². The zero-order valence-corrected chi connectivity index (χ0v) is 12.8. The Labute approximate surface area is 141 Å². The van der Waals surface area contributed by atoms with E-state index < -0.39 is 30.1 Å². The number of amides is 1. The van der Waals surface area contributed by atoms with Gasteiger partial charge in [0.25, 0.3) is 5.91 Å². The summed E-state index contributed by atoms with van der Waals surface area (Å²) in [6, 6.07) is 11.6. The van der Waals surface area contributed by atoms with Crippen LogP contribution in [0.25, 0.3) is 10.8 Å². The van der Waals surface area contributed by atoms with Gasteiger partial charge < -0.3 is 10.1 Å². The lowest BCUT2D eigenvalue weighted by atomic mass is 10.1. The molecule has 2 aromatic carbocycles. The smallest absolute Gasteiger partial charge is 0.358 e. The summed E-state index contributed by atoms with van der Waals surface area (Å²) in [7, 11) is 0. The molecular weight excluding hydrogens is 330 g/mol. The number of benzene rings is 2. The average molecular weight is 342 g/mol. The molecule has 0 bridgehead atoms. The van der Waals surface area contributed by atoms with Crippen molar-refractivity contribution in [3.63, 3.8) is 0 Å². The van der Waals surface area contributed by atoms with Crippen LogP contribution in [0.15, 0.2) is 54.7 Å². The van der Waals surface area contributed by atoms with Gasteiger partial charge in [-0.15, -0.1) is 0 Å². The van der Waals surface area contributed by atoms with Gasteiger partial charge in [0, 0.05) is 17.6 Å². The molecule has 7 heteroatoms. The molecule has 0 spiro atoms. The van der Waals surface area contributed by atoms with Gasteiger partial charge in [-0.2, -0.15) is 0 Å². The number of rotatable bonds is 4. The number of ether oxygens (including phenoxy) is 1. The van der Waals surface area contributed by atoms with Crippen molar-refractivity contribution in [2.45, 2.75) is 0 Å². The van der Waals surface area contributed by atoms with Gasteiger partial charge in [-0.3, -0.25) is 4.79 Å². The van der Waals surface area contributed by atoms with Crippen molar-refractivity contribution in [2.75, 3.05) is 11.9 Å². The highest BCUT2D eigenvalue weighted by molar-refractivity contribution is 6.03. The molecule has 126 valence electrons. The Hall–Kier alpha value is -3.35. The van der Waals surface area contributed by atoms with Crippen molar-refractivity contribution in [1.82, 2.24) is 4.98 Å². The first-order chi connectivity index (χ1) is 12.0. The number of hydrogen-bond acceptors (Lipinski definition) is 4.